The first-order chi connectivity index (χ1) is 13.3. The summed E-state index contributed by atoms with van der Waals surface area (Å²) in [4.78, 5) is 13.2. The summed E-state index contributed by atoms with van der Waals surface area (Å²) in [7, 11) is -3.35. The van der Waals surface area contributed by atoms with E-state index in [-0.39, 0.29) is 29.1 Å². The van der Waals surface area contributed by atoms with E-state index in [9.17, 15) is 13.2 Å². The minimum absolute atomic E-state index is 0.0405. The van der Waals surface area contributed by atoms with Crippen molar-refractivity contribution in [2.24, 2.45) is 0 Å². The largest absolute Gasteiger partial charge is 0.403 e. The van der Waals surface area contributed by atoms with Gasteiger partial charge in [-0.3, -0.25) is 10.1 Å². The molecule has 0 saturated heterocycles. The number of halogens is 1. The molecular formula is C18H16ClN3O4S2. The molecule has 7 nitrogen and oxygen atoms in total. The van der Waals surface area contributed by atoms with Crippen LogP contribution in [0.25, 0.3) is 11.5 Å². The van der Waals surface area contributed by atoms with Gasteiger partial charge in [0.05, 0.1) is 4.90 Å². The molecular weight excluding hydrogens is 422 g/mol. The van der Waals surface area contributed by atoms with Crippen LogP contribution in [-0.4, -0.2) is 36.5 Å². The maximum Gasteiger partial charge on any atom is 0.322 e. The monoisotopic (exact) mass is 437 g/mol. The number of rotatable bonds is 7. The molecule has 0 fully saturated rings. The van der Waals surface area contributed by atoms with Crippen molar-refractivity contribution in [1.29, 1.82) is 0 Å². The van der Waals surface area contributed by atoms with Gasteiger partial charge in [0.15, 0.2) is 9.84 Å². The van der Waals surface area contributed by atoms with Crippen LogP contribution in [0.15, 0.2) is 62.7 Å². The standard InChI is InChI=1S/C18H16ClN3O4S2/c1-28(24,25)15-4-2-3-12(11-15)17-21-22-18(26-17)20-16(23)9-10-27-14-7-5-13(19)6-8-14/h2-8,11H,9-10H2,1H3,(H,20,22,23). The lowest BCUT2D eigenvalue weighted by Gasteiger charge is -2.02. The number of nitrogens with zero attached hydrogens (tertiary/aromatic N) is 2. The van der Waals surface area contributed by atoms with Gasteiger partial charge in [0, 0.05) is 33.9 Å². The van der Waals surface area contributed by atoms with Gasteiger partial charge in [-0.05, 0) is 42.5 Å². The molecule has 1 amide bonds. The van der Waals surface area contributed by atoms with Gasteiger partial charge in [-0.15, -0.1) is 16.9 Å². The highest BCUT2D eigenvalue weighted by Gasteiger charge is 2.14. The first-order valence-electron chi connectivity index (χ1n) is 8.13. The minimum atomic E-state index is -3.35. The average Bonchev–Trinajstić information content (AvgIpc) is 3.11. The number of carbonyl (C=O) groups is 1. The molecule has 0 aliphatic carbocycles. The quantitative estimate of drug-likeness (QED) is 0.559. The van der Waals surface area contributed by atoms with Crippen LogP contribution in [0.3, 0.4) is 0 Å². The highest BCUT2D eigenvalue weighted by Crippen LogP contribution is 2.24. The molecule has 146 valence electrons. The molecule has 2 aromatic carbocycles. The first-order valence-corrected chi connectivity index (χ1v) is 11.4. The fourth-order valence-corrected chi connectivity index (χ4v) is 3.87. The van der Waals surface area contributed by atoms with Gasteiger partial charge in [-0.25, -0.2) is 8.42 Å². The summed E-state index contributed by atoms with van der Waals surface area (Å²) in [5, 5.41) is 10.8. The highest BCUT2D eigenvalue weighted by molar-refractivity contribution is 7.99. The lowest BCUT2D eigenvalue weighted by Crippen LogP contribution is -2.12. The molecule has 0 spiro atoms. The Morgan fingerprint density at radius 1 is 1.18 bits per heavy atom. The Bertz CT molecular complexity index is 1080. The van der Waals surface area contributed by atoms with E-state index >= 15 is 0 Å². The van der Waals surface area contributed by atoms with Crippen LogP contribution in [0.2, 0.25) is 5.02 Å². The third kappa shape index (κ3) is 5.57. The number of carbonyl (C=O) groups excluding carboxylic acids is 1. The lowest BCUT2D eigenvalue weighted by molar-refractivity contribution is -0.115. The van der Waals surface area contributed by atoms with E-state index in [0.29, 0.717) is 16.3 Å². The maximum atomic E-state index is 12.0. The van der Waals surface area contributed by atoms with Crippen LogP contribution in [0.1, 0.15) is 6.42 Å². The molecule has 10 heteroatoms. The second-order valence-corrected chi connectivity index (χ2v) is 9.43. The maximum absolute atomic E-state index is 12.0. The third-order valence-electron chi connectivity index (χ3n) is 3.59. The van der Waals surface area contributed by atoms with Gasteiger partial charge >= 0.3 is 6.01 Å². The van der Waals surface area contributed by atoms with Gasteiger partial charge < -0.3 is 4.42 Å². The second-order valence-electron chi connectivity index (χ2n) is 5.81. The number of sulfone groups is 1. The fraction of sp³-hybridized carbons (Fsp3) is 0.167. The van der Waals surface area contributed by atoms with E-state index in [0.717, 1.165) is 11.2 Å². The van der Waals surface area contributed by atoms with Crippen molar-refractivity contribution >= 4 is 45.1 Å². The third-order valence-corrected chi connectivity index (χ3v) is 5.97. The van der Waals surface area contributed by atoms with Crippen LogP contribution in [-0.2, 0) is 14.6 Å². The number of aromatic nitrogens is 2. The summed E-state index contributed by atoms with van der Waals surface area (Å²) in [6.07, 6.45) is 1.38. The molecule has 0 saturated carbocycles. The van der Waals surface area contributed by atoms with Crippen molar-refractivity contribution in [2.75, 3.05) is 17.3 Å². The molecule has 0 atom stereocenters. The van der Waals surface area contributed by atoms with Crippen molar-refractivity contribution in [3.8, 4) is 11.5 Å². The topological polar surface area (TPSA) is 102 Å². The molecule has 0 unspecified atom stereocenters. The predicted octanol–water partition coefficient (Wildman–Crippen LogP) is 3.91. The molecule has 1 N–H and O–H groups in total. The Labute approximate surface area is 171 Å². The zero-order valence-electron chi connectivity index (χ0n) is 14.8. The normalized spacial score (nSPS) is 11.4. The number of benzene rings is 2. The van der Waals surface area contributed by atoms with Crippen LogP contribution in [0.5, 0.6) is 0 Å². The number of anilines is 1. The Morgan fingerprint density at radius 2 is 1.93 bits per heavy atom. The van der Waals surface area contributed by atoms with Crippen LogP contribution < -0.4 is 5.32 Å². The summed E-state index contributed by atoms with van der Waals surface area (Å²) in [6.45, 7) is 0. The Hall–Kier alpha value is -2.36. The number of amides is 1. The molecule has 0 radical (unpaired) electrons. The summed E-state index contributed by atoms with van der Waals surface area (Å²) >= 11 is 7.37. The molecule has 1 aromatic heterocycles. The molecule has 3 aromatic rings. The fourth-order valence-electron chi connectivity index (χ4n) is 2.22. The van der Waals surface area contributed by atoms with Crippen LogP contribution >= 0.6 is 23.4 Å². The Morgan fingerprint density at radius 3 is 2.64 bits per heavy atom. The van der Waals surface area contributed by atoms with Crippen molar-refractivity contribution in [1.82, 2.24) is 10.2 Å². The smallest absolute Gasteiger partial charge is 0.322 e. The zero-order valence-corrected chi connectivity index (χ0v) is 17.1. The number of hydrogen-bond acceptors (Lipinski definition) is 7. The van der Waals surface area contributed by atoms with E-state index in [1.54, 1.807) is 24.3 Å². The average molecular weight is 438 g/mol. The Balaban J connectivity index is 1.57. The van der Waals surface area contributed by atoms with Crippen LogP contribution in [0, 0.1) is 0 Å². The van der Waals surface area contributed by atoms with E-state index in [1.807, 2.05) is 12.1 Å². The number of thioether (sulfide) groups is 1. The van der Waals surface area contributed by atoms with Crippen molar-refractivity contribution in [2.45, 2.75) is 16.2 Å². The van der Waals surface area contributed by atoms with E-state index in [4.69, 9.17) is 16.0 Å². The highest BCUT2D eigenvalue weighted by atomic mass is 35.5. The molecule has 1 heterocycles. The molecule has 0 aliphatic heterocycles. The van der Waals surface area contributed by atoms with E-state index in [1.165, 1.54) is 23.9 Å². The van der Waals surface area contributed by atoms with Crippen molar-refractivity contribution in [3.63, 3.8) is 0 Å². The second kappa shape index (κ2) is 8.76. The van der Waals surface area contributed by atoms with Gasteiger partial charge in [-0.1, -0.05) is 22.8 Å². The van der Waals surface area contributed by atoms with Gasteiger partial charge in [0.1, 0.15) is 0 Å². The zero-order chi connectivity index (χ0) is 20.1. The molecule has 0 aliphatic rings. The summed E-state index contributed by atoms with van der Waals surface area (Å²) < 4.78 is 28.7. The Kier molecular flexibility index (Phi) is 6.38. The number of hydrogen-bond donors (Lipinski definition) is 1. The van der Waals surface area contributed by atoms with Crippen molar-refractivity contribution in [3.05, 3.63) is 53.6 Å². The predicted molar refractivity (Wildman–Crippen MR) is 108 cm³/mol. The van der Waals surface area contributed by atoms with Gasteiger partial charge in [-0.2, -0.15) is 0 Å². The van der Waals surface area contributed by atoms with Crippen LogP contribution in [0.4, 0.5) is 6.01 Å². The molecule has 3 rings (SSSR count). The summed E-state index contributed by atoms with van der Waals surface area (Å²) in [5.41, 5.74) is 0.453. The molecule has 0 bridgehead atoms. The lowest BCUT2D eigenvalue weighted by atomic mass is 10.2. The first kappa shape index (κ1) is 20.4. The SMILES string of the molecule is CS(=O)(=O)c1cccc(-c2nnc(NC(=O)CCSc3ccc(Cl)cc3)o2)c1. The van der Waals surface area contributed by atoms with E-state index < -0.39 is 9.84 Å². The van der Waals surface area contributed by atoms with E-state index in [2.05, 4.69) is 15.5 Å². The summed E-state index contributed by atoms with van der Waals surface area (Å²) in [6, 6.07) is 13.5. The number of nitrogens with one attached hydrogen (secondary N) is 1. The minimum Gasteiger partial charge on any atom is -0.403 e. The summed E-state index contributed by atoms with van der Waals surface area (Å²) in [5.74, 6) is 0.433. The van der Waals surface area contributed by atoms with Gasteiger partial charge in [0.2, 0.25) is 11.8 Å². The van der Waals surface area contributed by atoms with Gasteiger partial charge in [0.25, 0.3) is 0 Å². The molecule has 28 heavy (non-hydrogen) atoms. The van der Waals surface area contributed by atoms with Crippen molar-refractivity contribution < 1.29 is 17.6 Å².